The molecule has 1 saturated carbocycles. The Morgan fingerprint density at radius 1 is 1.36 bits per heavy atom. The second-order valence-corrected chi connectivity index (χ2v) is 7.07. The van der Waals surface area contributed by atoms with Gasteiger partial charge in [0.25, 0.3) is 0 Å². The summed E-state index contributed by atoms with van der Waals surface area (Å²) < 4.78 is 0. The predicted molar refractivity (Wildman–Crippen MR) is 100 cm³/mol. The van der Waals surface area contributed by atoms with Gasteiger partial charge in [-0.2, -0.15) is 0 Å². The highest BCUT2D eigenvalue weighted by atomic mass is 35.5. The Kier molecular flexibility index (Phi) is 6.12. The molecule has 1 aromatic carbocycles. The maximum atomic E-state index is 13.0. The number of fused-ring (bicyclic) bond motifs is 1. The number of carbonyl (C=O) groups is 2. The Labute approximate surface area is 155 Å². The molecule has 3 rings (SSSR count). The number of para-hydroxylation sites is 1. The Morgan fingerprint density at radius 3 is 2.60 bits per heavy atom. The van der Waals surface area contributed by atoms with Crippen molar-refractivity contribution in [1.82, 2.24) is 4.90 Å². The number of amides is 1. The van der Waals surface area contributed by atoms with Crippen molar-refractivity contribution >= 4 is 30.0 Å². The van der Waals surface area contributed by atoms with Crippen molar-refractivity contribution in [2.45, 2.75) is 39.2 Å². The molecule has 5 nitrogen and oxygen atoms in total. The second-order valence-electron chi connectivity index (χ2n) is 7.07. The Hall–Kier alpha value is -1.59. The Bertz CT molecular complexity index is 624. The van der Waals surface area contributed by atoms with Crippen LogP contribution in [-0.4, -0.2) is 47.6 Å². The number of carboxylic acid groups (broad SMARTS) is 1. The molecule has 1 aliphatic heterocycles. The van der Waals surface area contributed by atoms with Crippen molar-refractivity contribution in [3.8, 4) is 0 Å². The molecule has 1 aliphatic carbocycles. The van der Waals surface area contributed by atoms with Gasteiger partial charge in [0, 0.05) is 25.3 Å². The summed E-state index contributed by atoms with van der Waals surface area (Å²) in [7, 11) is 0. The third-order valence-corrected chi connectivity index (χ3v) is 5.88. The first-order valence-corrected chi connectivity index (χ1v) is 8.83. The fraction of sp³-hybridized carbons (Fsp3) is 0.579. The van der Waals surface area contributed by atoms with E-state index >= 15 is 0 Å². The van der Waals surface area contributed by atoms with Gasteiger partial charge >= 0.3 is 5.97 Å². The van der Waals surface area contributed by atoms with Gasteiger partial charge < -0.3 is 10.0 Å². The summed E-state index contributed by atoms with van der Waals surface area (Å²) in [6, 6.07) is 9.36. The first-order valence-electron chi connectivity index (χ1n) is 8.83. The van der Waals surface area contributed by atoms with E-state index in [2.05, 4.69) is 4.90 Å². The average Bonchev–Trinajstić information content (AvgIpc) is 3.14. The number of nitrogens with zero attached hydrogens (tertiary/aromatic N) is 2. The molecular weight excluding hydrogens is 340 g/mol. The lowest BCUT2D eigenvalue weighted by Crippen LogP contribution is -2.47. The van der Waals surface area contributed by atoms with Crippen LogP contribution >= 0.6 is 12.4 Å². The first-order chi connectivity index (χ1) is 11.5. The second kappa shape index (κ2) is 7.75. The Morgan fingerprint density at radius 2 is 2.04 bits per heavy atom. The number of anilines is 1. The minimum Gasteiger partial charge on any atom is -0.481 e. The standard InChI is InChI=1S/C19H26N2O3.ClH/c1-3-21(16-9-5-4-6-10-16)17(22)14(2)20-12-15-8-7-11-19(15,13-20)18(23)24;/h4-6,9-10,14-15H,3,7-8,11-13H2,1-2H3,(H,23,24);1H/t14?,15-,19+;/m0./s1. The molecule has 0 bridgehead atoms. The molecule has 6 heteroatoms. The van der Waals surface area contributed by atoms with E-state index in [9.17, 15) is 14.7 Å². The van der Waals surface area contributed by atoms with Crippen molar-refractivity contribution in [2.75, 3.05) is 24.5 Å². The van der Waals surface area contributed by atoms with E-state index < -0.39 is 11.4 Å². The zero-order chi connectivity index (χ0) is 17.3. The average molecular weight is 367 g/mol. The van der Waals surface area contributed by atoms with Crippen molar-refractivity contribution in [3.63, 3.8) is 0 Å². The number of likely N-dealkylation sites (tertiary alicyclic amines) is 1. The molecular formula is C19H27ClN2O3. The number of halogens is 1. The number of likely N-dealkylation sites (N-methyl/N-ethyl adjacent to an activating group) is 1. The number of carboxylic acids is 1. The van der Waals surface area contributed by atoms with Crippen LogP contribution in [-0.2, 0) is 9.59 Å². The first kappa shape index (κ1) is 19.7. The number of aliphatic carboxylic acids is 1. The fourth-order valence-electron chi connectivity index (χ4n) is 4.43. The summed E-state index contributed by atoms with van der Waals surface area (Å²) >= 11 is 0. The monoisotopic (exact) mass is 366 g/mol. The highest BCUT2D eigenvalue weighted by Crippen LogP contribution is 2.49. The number of carbonyl (C=O) groups excluding carboxylic acids is 1. The molecule has 25 heavy (non-hydrogen) atoms. The van der Waals surface area contributed by atoms with E-state index in [0.29, 0.717) is 19.6 Å². The van der Waals surface area contributed by atoms with E-state index in [1.54, 1.807) is 4.90 Å². The van der Waals surface area contributed by atoms with Crippen LogP contribution in [0.25, 0.3) is 0 Å². The maximum absolute atomic E-state index is 13.0. The molecule has 0 radical (unpaired) electrons. The topological polar surface area (TPSA) is 60.9 Å². The molecule has 2 aliphatic rings. The number of hydrogen-bond donors (Lipinski definition) is 1. The summed E-state index contributed by atoms with van der Waals surface area (Å²) in [4.78, 5) is 28.7. The SMILES string of the molecule is CCN(C(=O)C(C)N1C[C@@H]2CCC[C@@]2(C(=O)O)C1)c1ccccc1.Cl. The quantitative estimate of drug-likeness (QED) is 0.870. The maximum Gasteiger partial charge on any atom is 0.311 e. The van der Waals surface area contributed by atoms with Gasteiger partial charge in [-0.05, 0) is 44.7 Å². The molecule has 0 spiro atoms. The van der Waals surface area contributed by atoms with Crippen LogP contribution in [0.3, 0.4) is 0 Å². The molecule has 3 atom stereocenters. The minimum atomic E-state index is -0.692. The van der Waals surface area contributed by atoms with Crippen molar-refractivity contribution in [3.05, 3.63) is 30.3 Å². The van der Waals surface area contributed by atoms with E-state index in [1.165, 1.54) is 0 Å². The lowest BCUT2D eigenvalue weighted by molar-refractivity contribution is -0.149. The van der Waals surface area contributed by atoms with E-state index in [-0.39, 0.29) is 30.3 Å². The van der Waals surface area contributed by atoms with Gasteiger partial charge in [-0.25, -0.2) is 0 Å². The summed E-state index contributed by atoms with van der Waals surface area (Å²) in [5, 5.41) is 9.72. The zero-order valence-electron chi connectivity index (χ0n) is 14.9. The van der Waals surface area contributed by atoms with Crippen LogP contribution in [0.15, 0.2) is 30.3 Å². The van der Waals surface area contributed by atoms with Gasteiger partial charge in [-0.3, -0.25) is 14.5 Å². The van der Waals surface area contributed by atoms with E-state index in [4.69, 9.17) is 0 Å². The van der Waals surface area contributed by atoms with Crippen LogP contribution in [0.1, 0.15) is 33.1 Å². The lowest BCUT2D eigenvalue weighted by Gasteiger charge is -2.31. The fourth-order valence-corrected chi connectivity index (χ4v) is 4.43. The number of rotatable bonds is 5. The smallest absolute Gasteiger partial charge is 0.311 e. The lowest BCUT2D eigenvalue weighted by atomic mass is 9.81. The third kappa shape index (κ3) is 3.40. The normalized spacial score (nSPS) is 26.6. The van der Waals surface area contributed by atoms with Crippen LogP contribution < -0.4 is 4.90 Å². The van der Waals surface area contributed by atoms with E-state index in [1.807, 2.05) is 44.2 Å². The molecule has 1 unspecified atom stereocenters. The highest BCUT2D eigenvalue weighted by molar-refractivity contribution is 5.97. The summed E-state index contributed by atoms with van der Waals surface area (Å²) in [6.45, 7) is 5.69. The Balaban J connectivity index is 0.00000225. The van der Waals surface area contributed by atoms with Gasteiger partial charge in [0.15, 0.2) is 0 Å². The summed E-state index contributed by atoms with van der Waals surface area (Å²) in [6.07, 6.45) is 2.68. The summed E-state index contributed by atoms with van der Waals surface area (Å²) in [5.74, 6) is -0.469. The molecule has 0 aromatic heterocycles. The van der Waals surface area contributed by atoms with Crippen LogP contribution in [0.2, 0.25) is 0 Å². The van der Waals surface area contributed by atoms with Crippen LogP contribution in [0, 0.1) is 11.3 Å². The van der Waals surface area contributed by atoms with Gasteiger partial charge in [0.05, 0.1) is 11.5 Å². The van der Waals surface area contributed by atoms with E-state index in [0.717, 1.165) is 24.9 Å². The molecule has 1 heterocycles. The molecule has 1 saturated heterocycles. The molecule has 1 amide bonds. The van der Waals surface area contributed by atoms with Crippen LogP contribution in [0.5, 0.6) is 0 Å². The summed E-state index contributed by atoms with van der Waals surface area (Å²) in [5.41, 5.74) is 0.252. The van der Waals surface area contributed by atoms with Crippen molar-refractivity contribution < 1.29 is 14.7 Å². The van der Waals surface area contributed by atoms with Crippen molar-refractivity contribution in [1.29, 1.82) is 0 Å². The van der Waals surface area contributed by atoms with Gasteiger partial charge in [-0.1, -0.05) is 24.6 Å². The highest BCUT2D eigenvalue weighted by Gasteiger charge is 2.56. The van der Waals surface area contributed by atoms with Crippen molar-refractivity contribution in [2.24, 2.45) is 11.3 Å². The predicted octanol–water partition coefficient (Wildman–Crippen LogP) is 3.04. The molecule has 2 fully saturated rings. The largest absolute Gasteiger partial charge is 0.481 e. The molecule has 1 aromatic rings. The third-order valence-electron chi connectivity index (χ3n) is 5.88. The molecule has 138 valence electrons. The zero-order valence-corrected chi connectivity index (χ0v) is 15.7. The van der Waals surface area contributed by atoms with Crippen LogP contribution in [0.4, 0.5) is 5.69 Å². The van der Waals surface area contributed by atoms with Gasteiger partial charge in [-0.15, -0.1) is 12.4 Å². The van der Waals surface area contributed by atoms with Gasteiger partial charge in [0.2, 0.25) is 5.91 Å². The number of benzene rings is 1. The number of hydrogen-bond acceptors (Lipinski definition) is 3. The van der Waals surface area contributed by atoms with Gasteiger partial charge in [0.1, 0.15) is 0 Å². The minimum absolute atomic E-state index is 0. The molecule has 1 N–H and O–H groups in total.